The molecule has 1 fully saturated rings. The van der Waals surface area contributed by atoms with Gasteiger partial charge in [-0.05, 0) is 59.8 Å². The average Bonchev–Trinajstić information content (AvgIpc) is 2.83. The van der Waals surface area contributed by atoms with Crippen LogP contribution in [-0.4, -0.2) is 28.7 Å². The Hall–Kier alpha value is -0.420. The first-order chi connectivity index (χ1) is 9.13. The first-order valence-corrected chi connectivity index (χ1v) is 8.37. The van der Waals surface area contributed by atoms with Gasteiger partial charge < -0.3 is 4.90 Å². The summed E-state index contributed by atoms with van der Waals surface area (Å²) in [5.74, 6) is -0.329. The van der Waals surface area contributed by atoms with Crippen LogP contribution in [0.25, 0.3) is 0 Å². The number of amides is 1. The van der Waals surface area contributed by atoms with Gasteiger partial charge in [-0.3, -0.25) is 4.79 Å². The lowest BCUT2D eigenvalue weighted by Gasteiger charge is -2.25. The smallest absolute Gasteiger partial charge is 0.255 e. The number of hydrogen-bond acceptors (Lipinski definition) is 1. The van der Waals surface area contributed by atoms with E-state index >= 15 is 0 Å². The monoisotopic (exact) mass is 391 g/mol. The van der Waals surface area contributed by atoms with Crippen LogP contribution in [0.15, 0.2) is 22.7 Å². The molecule has 0 saturated carbocycles. The summed E-state index contributed by atoms with van der Waals surface area (Å²) in [4.78, 5) is 14.4. The lowest BCUT2D eigenvalue weighted by atomic mass is 10.1. The zero-order valence-electron chi connectivity index (χ0n) is 10.5. The molecule has 2 nitrogen and oxygen atoms in total. The van der Waals surface area contributed by atoms with E-state index in [9.17, 15) is 9.18 Å². The van der Waals surface area contributed by atoms with Crippen molar-refractivity contribution < 1.29 is 9.18 Å². The Labute approximate surface area is 129 Å². The van der Waals surface area contributed by atoms with E-state index in [-0.39, 0.29) is 11.7 Å². The van der Waals surface area contributed by atoms with Crippen molar-refractivity contribution in [2.24, 2.45) is 0 Å². The van der Waals surface area contributed by atoms with Crippen LogP contribution < -0.4 is 0 Å². The second-order valence-corrected chi connectivity index (χ2v) is 6.40. The van der Waals surface area contributed by atoms with Crippen LogP contribution in [0.1, 0.15) is 36.0 Å². The Morgan fingerprint density at radius 2 is 2.26 bits per heavy atom. The normalized spacial score (nSPS) is 18.9. The summed E-state index contributed by atoms with van der Waals surface area (Å²) in [6, 6.07) is 4.56. The molecule has 0 bridgehead atoms. The maximum absolute atomic E-state index is 13.1. The van der Waals surface area contributed by atoms with Crippen molar-refractivity contribution in [1.82, 2.24) is 4.90 Å². The lowest BCUT2D eigenvalue weighted by molar-refractivity contribution is 0.0729. The summed E-state index contributed by atoms with van der Waals surface area (Å²) in [5, 5.41) is 0.964. The molecule has 1 aliphatic rings. The maximum Gasteiger partial charge on any atom is 0.255 e. The molecular weight excluding hydrogens is 377 g/mol. The maximum atomic E-state index is 13.1. The fourth-order valence-corrected chi connectivity index (χ4v) is 3.38. The second kappa shape index (κ2) is 6.84. The fourth-order valence-electron chi connectivity index (χ4n) is 2.53. The van der Waals surface area contributed by atoms with Gasteiger partial charge >= 0.3 is 0 Å². The molecule has 1 amide bonds. The van der Waals surface area contributed by atoms with Crippen molar-refractivity contribution in [3.63, 3.8) is 0 Å². The molecule has 104 valence electrons. The van der Waals surface area contributed by atoms with Crippen LogP contribution in [0.4, 0.5) is 4.39 Å². The van der Waals surface area contributed by atoms with Crippen molar-refractivity contribution >= 4 is 37.8 Å². The van der Waals surface area contributed by atoms with Crippen LogP contribution in [0.2, 0.25) is 0 Å². The Kier molecular flexibility index (Phi) is 5.39. The van der Waals surface area contributed by atoms with Crippen LogP contribution in [0.3, 0.4) is 0 Å². The van der Waals surface area contributed by atoms with Crippen LogP contribution in [0.5, 0.6) is 0 Å². The van der Waals surface area contributed by atoms with Gasteiger partial charge in [-0.25, -0.2) is 4.39 Å². The number of benzene rings is 1. The van der Waals surface area contributed by atoms with Gasteiger partial charge in [0.1, 0.15) is 5.82 Å². The molecule has 1 aromatic carbocycles. The van der Waals surface area contributed by atoms with Crippen molar-refractivity contribution in [2.45, 2.75) is 31.7 Å². The van der Waals surface area contributed by atoms with E-state index in [1.807, 2.05) is 4.90 Å². The zero-order chi connectivity index (χ0) is 13.8. The highest BCUT2D eigenvalue weighted by Crippen LogP contribution is 2.27. The number of rotatable bonds is 4. The number of halogens is 3. The van der Waals surface area contributed by atoms with Crippen molar-refractivity contribution in [3.05, 3.63) is 34.1 Å². The number of carbonyl (C=O) groups is 1. The number of hydrogen-bond donors (Lipinski definition) is 0. The standard InChI is InChI=1S/C14H16Br2FNO/c15-7-1-3-11-4-2-8-18(11)14(19)12-6-5-10(17)9-13(12)16/h5-6,9,11H,1-4,7-8H2. The Balaban J connectivity index is 2.13. The fraction of sp³-hybridized carbons (Fsp3) is 0.500. The van der Waals surface area contributed by atoms with E-state index < -0.39 is 0 Å². The Morgan fingerprint density at radius 1 is 1.47 bits per heavy atom. The number of nitrogens with zero attached hydrogens (tertiary/aromatic N) is 1. The predicted molar refractivity (Wildman–Crippen MR) is 81.2 cm³/mol. The summed E-state index contributed by atoms with van der Waals surface area (Å²) in [6.45, 7) is 0.801. The van der Waals surface area contributed by atoms with Gasteiger partial charge in [-0.15, -0.1) is 0 Å². The third-order valence-electron chi connectivity index (χ3n) is 3.47. The number of alkyl halides is 1. The average molecular weight is 393 g/mol. The summed E-state index contributed by atoms with van der Waals surface area (Å²) in [5.41, 5.74) is 0.548. The van der Waals surface area contributed by atoms with Crippen LogP contribution >= 0.6 is 31.9 Å². The highest BCUT2D eigenvalue weighted by atomic mass is 79.9. The van der Waals surface area contributed by atoms with Gasteiger partial charge in [-0.2, -0.15) is 0 Å². The van der Waals surface area contributed by atoms with Gasteiger partial charge in [0.25, 0.3) is 5.91 Å². The van der Waals surface area contributed by atoms with Crippen LogP contribution in [-0.2, 0) is 0 Å². The molecule has 2 rings (SSSR count). The molecular formula is C14H16Br2FNO. The molecule has 19 heavy (non-hydrogen) atoms. The minimum absolute atomic E-state index is 0.00366. The third-order valence-corrected chi connectivity index (χ3v) is 4.69. The van der Waals surface area contributed by atoms with Crippen molar-refractivity contribution in [3.8, 4) is 0 Å². The highest BCUT2D eigenvalue weighted by Gasteiger charge is 2.29. The largest absolute Gasteiger partial charge is 0.336 e. The van der Waals surface area contributed by atoms with Gasteiger partial charge in [0.15, 0.2) is 0 Å². The predicted octanol–water partition coefficient (Wildman–Crippen LogP) is 4.37. The first kappa shape index (κ1) is 15.0. The molecule has 0 radical (unpaired) electrons. The van der Waals surface area contributed by atoms with Gasteiger partial charge in [-0.1, -0.05) is 15.9 Å². The first-order valence-electron chi connectivity index (χ1n) is 6.45. The Bertz CT molecular complexity index is 467. The molecule has 1 heterocycles. The quantitative estimate of drug-likeness (QED) is 0.696. The third kappa shape index (κ3) is 3.57. The molecule has 1 unspecified atom stereocenters. The highest BCUT2D eigenvalue weighted by molar-refractivity contribution is 9.10. The zero-order valence-corrected chi connectivity index (χ0v) is 13.7. The minimum atomic E-state index is -0.333. The van der Waals surface area contributed by atoms with E-state index in [4.69, 9.17) is 0 Å². The SMILES string of the molecule is O=C(c1ccc(F)cc1Br)N1CCCC1CCCBr. The molecule has 0 aliphatic carbocycles. The van der Waals surface area contributed by atoms with Gasteiger partial charge in [0.05, 0.1) is 5.56 Å². The van der Waals surface area contributed by atoms with Crippen molar-refractivity contribution in [1.29, 1.82) is 0 Å². The summed E-state index contributed by atoms with van der Waals surface area (Å²) >= 11 is 6.70. The van der Waals surface area contributed by atoms with E-state index in [0.717, 1.165) is 37.6 Å². The van der Waals surface area contributed by atoms with E-state index in [1.165, 1.54) is 12.1 Å². The molecule has 0 spiro atoms. The molecule has 5 heteroatoms. The molecule has 0 aromatic heterocycles. The lowest BCUT2D eigenvalue weighted by Crippen LogP contribution is -2.35. The van der Waals surface area contributed by atoms with Crippen LogP contribution in [0, 0.1) is 5.82 Å². The van der Waals surface area contributed by atoms with Crippen molar-refractivity contribution in [2.75, 3.05) is 11.9 Å². The van der Waals surface area contributed by atoms with E-state index in [1.54, 1.807) is 6.07 Å². The summed E-state index contributed by atoms with van der Waals surface area (Å²) in [6.07, 6.45) is 4.21. The topological polar surface area (TPSA) is 20.3 Å². The summed E-state index contributed by atoms with van der Waals surface area (Å²) < 4.78 is 13.6. The van der Waals surface area contributed by atoms with E-state index in [0.29, 0.717) is 16.1 Å². The number of carbonyl (C=O) groups excluding carboxylic acids is 1. The molecule has 0 N–H and O–H groups in total. The van der Waals surface area contributed by atoms with E-state index in [2.05, 4.69) is 31.9 Å². The van der Waals surface area contributed by atoms with Gasteiger partial charge in [0.2, 0.25) is 0 Å². The molecule has 1 aliphatic heterocycles. The molecule has 1 aromatic rings. The summed E-state index contributed by atoms with van der Waals surface area (Å²) in [7, 11) is 0. The number of likely N-dealkylation sites (tertiary alicyclic amines) is 1. The minimum Gasteiger partial charge on any atom is -0.336 e. The van der Waals surface area contributed by atoms with Gasteiger partial charge in [0, 0.05) is 22.4 Å². The molecule has 1 atom stereocenters. The second-order valence-electron chi connectivity index (χ2n) is 4.75. The molecule has 1 saturated heterocycles. The Morgan fingerprint density at radius 3 is 2.95 bits per heavy atom.